The van der Waals surface area contributed by atoms with E-state index in [0.717, 1.165) is 36.5 Å². The summed E-state index contributed by atoms with van der Waals surface area (Å²) in [6, 6.07) is 4.24. The lowest BCUT2D eigenvalue weighted by atomic mass is 10.0. The number of halogens is 1. The summed E-state index contributed by atoms with van der Waals surface area (Å²) in [5.41, 5.74) is 1.34. The van der Waals surface area contributed by atoms with Gasteiger partial charge in [0.1, 0.15) is 5.56 Å². The second-order valence-corrected chi connectivity index (χ2v) is 8.98. The van der Waals surface area contributed by atoms with Gasteiger partial charge in [-0.1, -0.05) is 19.0 Å². The third kappa shape index (κ3) is 3.73. The van der Waals surface area contributed by atoms with Gasteiger partial charge in [0, 0.05) is 43.5 Å². The van der Waals surface area contributed by atoms with Crippen molar-refractivity contribution < 1.29 is 9.32 Å². The van der Waals surface area contributed by atoms with Crippen LogP contribution < -0.4 is 0 Å². The van der Waals surface area contributed by atoms with Crippen molar-refractivity contribution in [3.63, 3.8) is 0 Å². The van der Waals surface area contributed by atoms with Crippen molar-refractivity contribution in [2.45, 2.75) is 33.2 Å². The number of amides is 1. The molecule has 3 rings (SSSR count). The van der Waals surface area contributed by atoms with E-state index in [1.165, 1.54) is 4.88 Å². The van der Waals surface area contributed by atoms with E-state index < -0.39 is 0 Å². The number of aromatic nitrogens is 1. The van der Waals surface area contributed by atoms with Gasteiger partial charge in [0.05, 0.1) is 9.48 Å². The van der Waals surface area contributed by atoms with Gasteiger partial charge in [-0.05, 0) is 35.0 Å². The molecule has 130 valence electrons. The number of aryl methyl sites for hydroxylation is 1. The summed E-state index contributed by atoms with van der Waals surface area (Å²) in [5.74, 6) is 0.906. The molecule has 0 saturated carbocycles. The Labute approximate surface area is 154 Å². The van der Waals surface area contributed by atoms with Gasteiger partial charge in [-0.25, -0.2) is 0 Å². The molecule has 3 heterocycles. The van der Waals surface area contributed by atoms with Crippen LogP contribution in [0.25, 0.3) is 0 Å². The summed E-state index contributed by atoms with van der Waals surface area (Å²) in [4.78, 5) is 18.5. The number of hydrogen-bond acceptors (Lipinski definition) is 5. The Hall–Kier alpha value is -1.18. The van der Waals surface area contributed by atoms with Crippen LogP contribution in [0, 0.1) is 6.92 Å². The maximum absolute atomic E-state index is 12.9. The van der Waals surface area contributed by atoms with Crippen molar-refractivity contribution in [2.24, 2.45) is 0 Å². The predicted octanol–water partition coefficient (Wildman–Crippen LogP) is 3.89. The third-order valence-electron chi connectivity index (χ3n) is 4.30. The Kier molecular flexibility index (Phi) is 5.42. The standard InChI is InChI=1S/C17H22BrN3O2S/c1-11(2)16-15(12(3)19-23-16)17(22)21-8-6-20(7-9-21)10-13-4-5-14(18)24-13/h4-5,11H,6-10H2,1-3H3. The summed E-state index contributed by atoms with van der Waals surface area (Å²) < 4.78 is 6.52. The number of hydrogen-bond donors (Lipinski definition) is 0. The van der Waals surface area contributed by atoms with Crippen LogP contribution >= 0.6 is 27.3 Å². The molecule has 7 heteroatoms. The number of thiophene rings is 1. The Morgan fingerprint density at radius 2 is 2.04 bits per heavy atom. The summed E-state index contributed by atoms with van der Waals surface area (Å²) in [6.07, 6.45) is 0. The molecule has 2 aromatic rings. The first-order chi connectivity index (χ1) is 11.5. The van der Waals surface area contributed by atoms with Gasteiger partial charge in [-0.15, -0.1) is 11.3 Å². The summed E-state index contributed by atoms with van der Waals surface area (Å²) >= 11 is 5.27. The molecule has 0 spiro atoms. The molecule has 24 heavy (non-hydrogen) atoms. The van der Waals surface area contributed by atoms with Crippen molar-refractivity contribution in [1.82, 2.24) is 15.0 Å². The van der Waals surface area contributed by atoms with Crippen LogP contribution in [0.3, 0.4) is 0 Å². The highest BCUT2D eigenvalue weighted by Gasteiger charge is 2.29. The molecule has 0 N–H and O–H groups in total. The van der Waals surface area contributed by atoms with E-state index in [2.05, 4.69) is 38.1 Å². The minimum atomic E-state index is 0.0518. The molecular formula is C17H22BrN3O2S. The summed E-state index contributed by atoms with van der Waals surface area (Å²) in [7, 11) is 0. The zero-order valence-corrected chi connectivity index (χ0v) is 16.6. The first-order valence-electron chi connectivity index (χ1n) is 8.17. The lowest BCUT2D eigenvalue weighted by Gasteiger charge is -2.34. The van der Waals surface area contributed by atoms with Crippen molar-refractivity contribution in [3.05, 3.63) is 37.8 Å². The van der Waals surface area contributed by atoms with E-state index in [1.807, 2.05) is 25.7 Å². The normalized spacial score (nSPS) is 16.1. The highest BCUT2D eigenvalue weighted by Crippen LogP contribution is 2.25. The molecule has 0 unspecified atom stereocenters. The van der Waals surface area contributed by atoms with Gasteiger partial charge in [0.25, 0.3) is 5.91 Å². The van der Waals surface area contributed by atoms with Gasteiger partial charge in [0.15, 0.2) is 5.76 Å². The monoisotopic (exact) mass is 411 g/mol. The van der Waals surface area contributed by atoms with E-state index in [9.17, 15) is 4.79 Å². The fraction of sp³-hybridized carbons (Fsp3) is 0.529. The molecule has 1 aliphatic rings. The van der Waals surface area contributed by atoms with Crippen LogP contribution in [0.1, 0.15) is 46.5 Å². The van der Waals surface area contributed by atoms with Crippen LogP contribution in [-0.2, 0) is 6.54 Å². The lowest BCUT2D eigenvalue weighted by Crippen LogP contribution is -2.48. The maximum atomic E-state index is 12.9. The largest absolute Gasteiger partial charge is 0.360 e. The van der Waals surface area contributed by atoms with E-state index in [0.29, 0.717) is 17.0 Å². The molecule has 1 fully saturated rings. The minimum Gasteiger partial charge on any atom is -0.360 e. The summed E-state index contributed by atoms with van der Waals surface area (Å²) in [5, 5.41) is 3.99. The van der Waals surface area contributed by atoms with Crippen LogP contribution in [-0.4, -0.2) is 47.0 Å². The summed E-state index contributed by atoms with van der Waals surface area (Å²) in [6.45, 7) is 10.1. The molecule has 1 aliphatic heterocycles. The molecule has 0 bridgehead atoms. The molecule has 0 aliphatic carbocycles. The fourth-order valence-corrected chi connectivity index (χ4v) is 4.49. The Balaban J connectivity index is 1.62. The number of carbonyl (C=O) groups excluding carboxylic acids is 1. The van der Waals surface area contributed by atoms with Crippen LogP contribution in [0.5, 0.6) is 0 Å². The van der Waals surface area contributed by atoms with Gasteiger partial charge in [-0.3, -0.25) is 9.69 Å². The second kappa shape index (κ2) is 7.37. The maximum Gasteiger partial charge on any atom is 0.259 e. The number of carbonyl (C=O) groups is 1. The van der Waals surface area contributed by atoms with E-state index >= 15 is 0 Å². The molecule has 0 radical (unpaired) electrons. The van der Waals surface area contributed by atoms with Crippen molar-refractivity contribution in [3.8, 4) is 0 Å². The SMILES string of the molecule is Cc1noc(C(C)C)c1C(=O)N1CCN(Cc2ccc(Br)s2)CC1. The highest BCUT2D eigenvalue weighted by atomic mass is 79.9. The zero-order chi connectivity index (χ0) is 17.3. The lowest BCUT2D eigenvalue weighted by molar-refractivity contribution is 0.0626. The average molecular weight is 412 g/mol. The van der Waals surface area contributed by atoms with Gasteiger partial charge in [0.2, 0.25) is 0 Å². The first kappa shape index (κ1) is 17.6. The number of piperazine rings is 1. The Morgan fingerprint density at radius 1 is 1.33 bits per heavy atom. The predicted molar refractivity (Wildman–Crippen MR) is 98.5 cm³/mol. The fourth-order valence-electron chi connectivity index (χ4n) is 2.97. The van der Waals surface area contributed by atoms with Crippen LogP contribution in [0.15, 0.2) is 20.4 Å². The molecule has 2 aromatic heterocycles. The van der Waals surface area contributed by atoms with E-state index in [-0.39, 0.29) is 11.8 Å². The minimum absolute atomic E-state index is 0.0518. The molecule has 0 aromatic carbocycles. The van der Waals surface area contributed by atoms with Crippen molar-refractivity contribution in [2.75, 3.05) is 26.2 Å². The average Bonchev–Trinajstić information content (AvgIpc) is 3.13. The number of nitrogens with zero attached hydrogens (tertiary/aromatic N) is 3. The quantitative estimate of drug-likeness (QED) is 0.765. The molecule has 1 saturated heterocycles. The van der Waals surface area contributed by atoms with Crippen molar-refractivity contribution >= 4 is 33.2 Å². The number of rotatable bonds is 4. The highest BCUT2D eigenvalue weighted by molar-refractivity contribution is 9.11. The Bertz CT molecular complexity index is 717. The first-order valence-corrected chi connectivity index (χ1v) is 9.78. The smallest absolute Gasteiger partial charge is 0.259 e. The second-order valence-electron chi connectivity index (χ2n) is 6.44. The zero-order valence-electron chi connectivity index (χ0n) is 14.2. The van der Waals surface area contributed by atoms with E-state index in [1.54, 1.807) is 11.3 Å². The molecule has 0 atom stereocenters. The molecule has 1 amide bonds. The Morgan fingerprint density at radius 3 is 2.62 bits per heavy atom. The van der Waals surface area contributed by atoms with Crippen molar-refractivity contribution in [1.29, 1.82) is 0 Å². The van der Waals surface area contributed by atoms with Crippen LogP contribution in [0.4, 0.5) is 0 Å². The van der Waals surface area contributed by atoms with Gasteiger partial charge < -0.3 is 9.42 Å². The topological polar surface area (TPSA) is 49.6 Å². The third-order valence-corrected chi connectivity index (χ3v) is 5.90. The van der Waals surface area contributed by atoms with Crippen LogP contribution in [0.2, 0.25) is 0 Å². The molecular weight excluding hydrogens is 390 g/mol. The molecule has 5 nitrogen and oxygen atoms in total. The van der Waals surface area contributed by atoms with Gasteiger partial charge >= 0.3 is 0 Å². The van der Waals surface area contributed by atoms with Gasteiger partial charge in [-0.2, -0.15) is 0 Å². The van der Waals surface area contributed by atoms with E-state index in [4.69, 9.17) is 4.52 Å².